The molecule has 0 aliphatic carbocycles. The maximum Gasteiger partial charge on any atom is 0.326 e. The van der Waals surface area contributed by atoms with E-state index in [4.69, 9.17) is 9.72 Å². The standard InChI is InChI=1S/C30H32FN3O3/c1-5-11-27-32-25-18-22(16-17-26(25)34(27)20-28(35)37-30(2,3)4)33(19-21-12-7-6-8-13-21)29(36)23-14-9-10-15-24(23)31/h6-10,12-18H,5,11,19-20H2,1-4H3. The third kappa shape index (κ3) is 6.23. The molecule has 3 aromatic carbocycles. The van der Waals surface area contributed by atoms with Crippen LogP contribution in [-0.2, 0) is 29.0 Å². The molecule has 0 bridgehead atoms. The fourth-order valence-corrected chi connectivity index (χ4v) is 4.26. The van der Waals surface area contributed by atoms with Crippen LogP contribution in [0.1, 0.15) is 55.9 Å². The van der Waals surface area contributed by atoms with E-state index in [9.17, 15) is 14.0 Å². The van der Waals surface area contributed by atoms with Gasteiger partial charge in [-0.25, -0.2) is 9.37 Å². The lowest BCUT2D eigenvalue weighted by Gasteiger charge is -2.23. The Bertz CT molecular complexity index is 1410. The lowest BCUT2D eigenvalue weighted by atomic mass is 10.1. The lowest BCUT2D eigenvalue weighted by molar-refractivity contribution is -0.155. The summed E-state index contributed by atoms with van der Waals surface area (Å²) in [5, 5.41) is 0. The molecule has 0 saturated heterocycles. The van der Waals surface area contributed by atoms with Crippen molar-refractivity contribution in [3.05, 3.63) is 95.6 Å². The fourth-order valence-electron chi connectivity index (χ4n) is 4.26. The highest BCUT2D eigenvalue weighted by molar-refractivity contribution is 6.07. The summed E-state index contributed by atoms with van der Waals surface area (Å²) in [6, 6.07) is 21.0. The predicted molar refractivity (Wildman–Crippen MR) is 143 cm³/mol. The molecule has 4 aromatic rings. The van der Waals surface area contributed by atoms with Crippen molar-refractivity contribution in [2.75, 3.05) is 4.90 Å². The number of halogens is 1. The number of aromatic nitrogens is 2. The number of amides is 1. The summed E-state index contributed by atoms with van der Waals surface area (Å²) in [5.74, 6) is -0.578. The number of carbonyl (C=O) groups is 2. The number of carbonyl (C=O) groups excluding carboxylic acids is 2. The average molecular weight is 502 g/mol. The van der Waals surface area contributed by atoms with Crippen molar-refractivity contribution in [2.45, 2.75) is 59.2 Å². The van der Waals surface area contributed by atoms with Gasteiger partial charge in [0, 0.05) is 12.1 Å². The van der Waals surface area contributed by atoms with E-state index in [2.05, 4.69) is 6.92 Å². The maximum absolute atomic E-state index is 14.6. The molecule has 1 heterocycles. The van der Waals surface area contributed by atoms with Gasteiger partial charge < -0.3 is 14.2 Å². The Morgan fingerprint density at radius 2 is 1.70 bits per heavy atom. The van der Waals surface area contributed by atoms with Crippen molar-refractivity contribution >= 4 is 28.6 Å². The van der Waals surface area contributed by atoms with Crippen molar-refractivity contribution in [1.29, 1.82) is 0 Å². The summed E-state index contributed by atoms with van der Waals surface area (Å²) in [6.45, 7) is 7.87. The van der Waals surface area contributed by atoms with E-state index in [0.29, 0.717) is 17.6 Å². The van der Waals surface area contributed by atoms with Gasteiger partial charge in [0.05, 0.1) is 23.1 Å². The van der Waals surface area contributed by atoms with Gasteiger partial charge in [0.25, 0.3) is 5.91 Å². The van der Waals surface area contributed by atoms with Crippen molar-refractivity contribution in [3.8, 4) is 0 Å². The molecular weight excluding hydrogens is 469 g/mol. The molecule has 37 heavy (non-hydrogen) atoms. The zero-order valence-electron chi connectivity index (χ0n) is 21.7. The van der Waals surface area contributed by atoms with E-state index in [1.807, 2.05) is 73.9 Å². The Kier molecular flexibility index (Phi) is 7.71. The molecule has 0 atom stereocenters. The fraction of sp³-hybridized carbons (Fsp3) is 0.300. The van der Waals surface area contributed by atoms with Gasteiger partial charge in [0.2, 0.25) is 0 Å². The van der Waals surface area contributed by atoms with Crippen molar-refractivity contribution in [2.24, 2.45) is 0 Å². The third-order valence-corrected chi connectivity index (χ3v) is 5.84. The molecule has 0 fully saturated rings. The minimum Gasteiger partial charge on any atom is -0.459 e. The highest BCUT2D eigenvalue weighted by Crippen LogP contribution is 2.27. The number of ether oxygens (including phenoxy) is 1. The largest absolute Gasteiger partial charge is 0.459 e. The number of benzene rings is 3. The number of fused-ring (bicyclic) bond motifs is 1. The van der Waals surface area contributed by atoms with Crippen molar-refractivity contribution < 1.29 is 18.7 Å². The van der Waals surface area contributed by atoms with E-state index in [-0.39, 0.29) is 24.6 Å². The normalized spacial score (nSPS) is 11.5. The van der Waals surface area contributed by atoms with Crippen LogP contribution in [0.4, 0.5) is 10.1 Å². The summed E-state index contributed by atoms with van der Waals surface area (Å²) in [7, 11) is 0. The van der Waals surface area contributed by atoms with Crippen LogP contribution in [-0.4, -0.2) is 27.0 Å². The van der Waals surface area contributed by atoms with Crippen molar-refractivity contribution in [3.63, 3.8) is 0 Å². The van der Waals surface area contributed by atoms with E-state index in [0.717, 1.165) is 23.3 Å². The van der Waals surface area contributed by atoms with Gasteiger partial charge >= 0.3 is 5.97 Å². The number of hydrogen-bond acceptors (Lipinski definition) is 4. The first-order chi connectivity index (χ1) is 17.7. The summed E-state index contributed by atoms with van der Waals surface area (Å²) >= 11 is 0. The van der Waals surface area contributed by atoms with E-state index in [1.54, 1.807) is 17.0 Å². The SMILES string of the molecule is CCCc1nc2cc(N(Cc3ccccc3)C(=O)c3ccccc3F)ccc2n1CC(=O)OC(C)(C)C. The number of rotatable bonds is 8. The van der Waals surface area contributed by atoms with Gasteiger partial charge in [-0.3, -0.25) is 9.59 Å². The first kappa shape index (κ1) is 26.1. The van der Waals surface area contributed by atoms with Gasteiger partial charge in [-0.15, -0.1) is 0 Å². The highest BCUT2D eigenvalue weighted by atomic mass is 19.1. The van der Waals surface area contributed by atoms with Crippen LogP contribution < -0.4 is 4.90 Å². The van der Waals surface area contributed by atoms with Crippen LogP contribution in [0, 0.1) is 5.82 Å². The van der Waals surface area contributed by atoms with Crippen molar-refractivity contribution in [1.82, 2.24) is 9.55 Å². The molecule has 192 valence electrons. The number of hydrogen-bond donors (Lipinski definition) is 0. The zero-order chi connectivity index (χ0) is 26.6. The smallest absolute Gasteiger partial charge is 0.326 e. The van der Waals surface area contributed by atoms with Crippen LogP contribution in [0.25, 0.3) is 11.0 Å². The van der Waals surface area contributed by atoms with E-state index < -0.39 is 17.3 Å². The molecule has 1 aromatic heterocycles. The first-order valence-corrected chi connectivity index (χ1v) is 12.5. The van der Waals surface area contributed by atoms with Crippen LogP contribution in [0.5, 0.6) is 0 Å². The van der Waals surface area contributed by atoms with Crippen LogP contribution in [0.3, 0.4) is 0 Å². The molecule has 6 nitrogen and oxygen atoms in total. The van der Waals surface area contributed by atoms with Gasteiger partial charge in [-0.2, -0.15) is 0 Å². The Morgan fingerprint density at radius 1 is 1.00 bits per heavy atom. The average Bonchev–Trinajstić information content (AvgIpc) is 3.18. The summed E-state index contributed by atoms with van der Waals surface area (Å²) in [5.41, 5.74) is 2.35. The van der Waals surface area contributed by atoms with Crippen LogP contribution >= 0.6 is 0 Å². The molecule has 0 aliphatic heterocycles. The van der Waals surface area contributed by atoms with Crippen LogP contribution in [0.2, 0.25) is 0 Å². The molecule has 4 rings (SSSR count). The second-order valence-corrected chi connectivity index (χ2v) is 9.98. The maximum atomic E-state index is 14.6. The quantitative estimate of drug-likeness (QED) is 0.265. The Labute approximate surface area is 216 Å². The molecule has 0 spiro atoms. The second-order valence-electron chi connectivity index (χ2n) is 9.98. The van der Waals surface area contributed by atoms with Gasteiger partial charge in [-0.05, 0) is 63.1 Å². The molecule has 7 heteroatoms. The first-order valence-electron chi connectivity index (χ1n) is 12.5. The predicted octanol–water partition coefficient (Wildman–Crippen LogP) is 6.32. The Balaban J connectivity index is 1.75. The molecule has 0 unspecified atom stereocenters. The molecule has 0 radical (unpaired) electrons. The molecule has 0 aliphatic rings. The Morgan fingerprint density at radius 3 is 2.38 bits per heavy atom. The molecule has 0 saturated carbocycles. The highest BCUT2D eigenvalue weighted by Gasteiger charge is 2.23. The number of esters is 1. The zero-order valence-corrected chi connectivity index (χ0v) is 21.7. The third-order valence-electron chi connectivity index (χ3n) is 5.84. The minimum atomic E-state index is -0.587. The monoisotopic (exact) mass is 501 g/mol. The lowest BCUT2D eigenvalue weighted by Crippen LogP contribution is -2.31. The molecular formula is C30H32FN3O3. The number of imidazole rings is 1. The van der Waals surface area contributed by atoms with E-state index in [1.165, 1.54) is 12.1 Å². The number of nitrogens with zero attached hydrogens (tertiary/aromatic N) is 3. The van der Waals surface area contributed by atoms with Gasteiger partial charge in [-0.1, -0.05) is 49.4 Å². The molecule has 1 amide bonds. The summed E-state index contributed by atoms with van der Waals surface area (Å²) in [6.07, 6.45) is 1.55. The summed E-state index contributed by atoms with van der Waals surface area (Å²) in [4.78, 5) is 32.5. The number of anilines is 1. The van der Waals surface area contributed by atoms with Gasteiger partial charge in [0.15, 0.2) is 0 Å². The Hall–Kier alpha value is -4.00. The second kappa shape index (κ2) is 10.9. The van der Waals surface area contributed by atoms with Crippen LogP contribution in [0.15, 0.2) is 72.8 Å². The minimum absolute atomic E-state index is 0.000607. The number of aryl methyl sites for hydroxylation is 1. The molecule has 0 N–H and O–H groups in total. The topological polar surface area (TPSA) is 64.4 Å². The van der Waals surface area contributed by atoms with E-state index >= 15 is 0 Å². The summed E-state index contributed by atoms with van der Waals surface area (Å²) < 4.78 is 22.0. The van der Waals surface area contributed by atoms with Gasteiger partial charge in [0.1, 0.15) is 23.8 Å².